The molecule has 2 rings (SSSR count). The lowest BCUT2D eigenvalue weighted by atomic mass is 10.1. The topological polar surface area (TPSA) is 123 Å². The Balaban J connectivity index is 2.47. The highest BCUT2D eigenvalue weighted by Gasteiger charge is 2.52. The monoisotopic (exact) mass is 421 g/mol. The van der Waals surface area contributed by atoms with Gasteiger partial charge in [-0.1, -0.05) is 0 Å². The van der Waals surface area contributed by atoms with Gasteiger partial charge in [-0.15, -0.1) is 11.8 Å². The van der Waals surface area contributed by atoms with Gasteiger partial charge in [0.05, 0.1) is 12.0 Å². The maximum atomic E-state index is 13.3. The van der Waals surface area contributed by atoms with Gasteiger partial charge >= 0.3 is 5.97 Å². The van der Waals surface area contributed by atoms with E-state index in [1.54, 1.807) is 26.0 Å². The molecule has 0 spiro atoms. The number of methoxy groups -OCH3 is 1. The van der Waals surface area contributed by atoms with Crippen LogP contribution in [0.5, 0.6) is 5.75 Å². The van der Waals surface area contributed by atoms with E-state index in [-0.39, 0.29) is 17.2 Å². The number of sulfonamides is 1. The molecule has 2 unspecified atom stereocenters. The van der Waals surface area contributed by atoms with E-state index in [4.69, 9.17) is 4.74 Å². The van der Waals surface area contributed by atoms with Gasteiger partial charge in [0, 0.05) is 19.2 Å². The number of rotatable bonds is 6. The molecule has 9 nitrogen and oxygen atoms in total. The third kappa shape index (κ3) is 4.39. The van der Waals surface area contributed by atoms with E-state index in [2.05, 4.69) is 9.78 Å². The third-order valence-electron chi connectivity index (χ3n) is 4.06. The second-order valence-electron chi connectivity index (χ2n) is 6.11. The lowest BCUT2D eigenvalue weighted by molar-refractivity contribution is -0.307. The van der Waals surface area contributed by atoms with E-state index in [9.17, 15) is 23.4 Å². The minimum absolute atomic E-state index is 0.00770. The number of carbonyl (C=O) groups is 1. The summed E-state index contributed by atoms with van der Waals surface area (Å²) < 4.78 is 32.6. The summed E-state index contributed by atoms with van der Waals surface area (Å²) in [6.07, 6.45) is 0. The fourth-order valence-electron chi connectivity index (χ4n) is 2.91. The first kappa shape index (κ1) is 21.9. The lowest BCUT2D eigenvalue weighted by Crippen LogP contribution is -2.63. The molecule has 11 heteroatoms. The molecule has 27 heavy (non-hydrogen) atoms. The fraction of sp³-hybridized carbons (Fsp3) is 0.562. The second kappa shape index (κ2) is 8.33. The highest BCUT2D eigenvalue weighted by Crippen LogP contribution is 2.37. The van der Waals surface area contributed by atoms with Crippen LogP contribution in [0.1, 0.15) is 18.1 Å². The molecule has 0 radical (unpaired) electrons. The zero-order valence-corrected chi connectivity index (χ0v) is 17.1. The van der Waals surface area contributed by atoms with Crippen molar-refractivity contribution in [3.05, 3.63) is 23.3 Å². The predicted molar refractivity (Wildman–Crippen MR) is 97.5 cm³/mol. The Labute approximate surface area is 162 Å². The summed E-state index contributed by atoms with van der Waals surface area (Å²) in [4.78, 5) is 19.9. The summed E-state index contributed by atoms with van der Waals surface area (Å²) in [5.41, 5.74) is -2.93. The van der Waals surface area contributed by atoms with Crippen LogP contribution in [0, 0.1) is 13.8 Å². The van der Waals surface area contributed by atoms with Gasteiger partial charge in [-0.05, 0) is 37.1 Å². The van der Waals surface area contributed by atoms with E-state index in [1.165, 1.54) is 7.11 Å². The Kier molecular flexibility index (Phi) is 6.77. The zero-order valence-electron chi connectivity index (χ0n) is 15.5. The van der Waals surface area contributed by atoms with Crippen molar-refractivity contribution in [1.82, 2.24) is 4.31 Å². The molecule has 1 saturated heterocycles. The van der Waals surface area contributed by atoms with Crippen molar-refractivity contribution < 1.29 is 37.9 Å². The number of aliphatic hydroxyl groups is 2. The van der Waals surface area contributed by atoms with E-state index >= 15 is 0 Å². The molecule has 0 saturated carbocycles. The number of hydrogen-bond donors (Lipinski definition) is 2. The molecule has 2 atom stereocenters. The average Bonchev–Trinajstić information content (AvgIpc) is 2.55. The molecule has 152 valence electrons. The van der Waals surface area contributed by atoms with Crippen LogP contribution in [0.15, 0.2) is 17.0 Å². The number of thioether (sulfide) groups is 1. The molecule has 1 heterocycles. The SMILES string of the molecule is COc1cc(C)c(S(=O)(=O)N2CCSC(O)C2(O)COOC(C)=O)c(C)c1. The molecule has 0 amide bonds. The Bertz CT molecular complexity index is 790. The molecule has 0 aromatic heterocycles. The van der Waals surface area contributed by atoms with Crippen LogP contribution in [0.25, 0.3) is 0 Å². The van der Waals surface area contributed by atoms with Crippen LogP contribution in [0.3, 0.4) is 0 Å². The van der Waals surface area contributed by atoms with E-state index in [0.29, 0.717) is 16.9 Å². The van der Waals surface area contributed by atoms with E-state index in [1.807, 2.05) is 0 Å². The average molecular weight is 421 g/mol. The van der Waals surface area contributed by atoms with Gasteiger partial charge in [0.2, 0.25) is 10.0 Å². The normalized spacial score (nSPS) is 23.9. The van der Waals surface area contributed by atoms with Crippen LogP contribution in [-0.2, 0) is 24.6 Å². The molecule has 1 fully saturated rings. The summed E-state index contributed by atoms with van der Waals surface area (Å²) >= 11 is 0.972. The molecule has 0 aliphatic carbocycles. The van der Waals surface area contributed by atoms with Crippen molar-refractivity contribution in [1.29, 1.82) is 0 Å². The van der Waals surface area contributed by atoms with Crippen LogP contribution in [0.4, 0.5) is 0 Å². The first-order chi connectivity index (χ1) is 12.5. The van der Waals surface area contributed by atoms with Crippen LogP contribution >= 0.6 is 11.8 Å². The summed E-state index contributed by atoms with van der Waals surface area (Å²) in [5, 5.41) is 21.2. The third-order valence-corrected chi connectivity index (χ3v) is 7.41. The van der Waals surface area contributed by atoms with Crippen molar-refractivity contribution in [2.75, 3.05) is 26.0 Å². The van der Waals surface area contributed by atoms with Crippen molar-refractivity contribution in [3.8, 4) is 5.75 Å². The summed E-state index contributed by atoms with van der Waals surface area (Å²) in [7, 11) is -2.73. The number of aliphatic hydroxyl groups excluding tert-OH is 1. The fourth-order valence-corrected chi connectivity index (χ4v) is 6.12. The highest BCUT2D eigenvalue weighted by molar-refractivity contribution is 8.00. The number of aryl methyl sites for hydroxylation is 2. The van der Waals surface area contributed by atoms with Gasteiger partial charge < -0.3 is 14.9 Å². The first-order valence-electron chi connectivity index (χ1n) is 8.04. The zero-order chi connectivity index (χ0) is 20.4. The molecule has 1 aliphatic heterocycles. The molecular weight excluding hydrogens is 398 g/mol. The number of benzene rings is 1. The number of hydrogen-bond acceptors (Lipinski definition) is 9. The molecule has 1 aromatic carbocycles. The number of ether oxygens (including phenoxy) is 1. The summed E-state index contributed by atoms with van der Waals surface area (Å²) in [5.74, 6) is 0.00397. The van der Waals surface area contributed by atoms with Crippen LogP contribution in [0.2, 0.25) is 0 Å². The Hall–Kier alpha value is -1.37. The van der Waals surface area contributed by atoms with Gasteiger partial charge in [-0.2, -0.15) is 9.19 Å². The van der Waals surface area contributed by atoms with E-state index < -0.39 is 33.8 Å². The van der Waals surface area contributed by atoms with Gasteiger partial charge in [0.25, 0.3) is 0 Å². The second-order valence-corrected chi connectivity index (χ2v) is 9.09. The number of nitrogens with zero attached hydrogens (tertiary/aromatic N) is 1. The minimum atomic E-state index is -4.21. The minimum Gasteiger partial charge on any atom is -0.497 e. The molecule has 1 aliphatic rings. The summed E-state index contributed by atoms with van der Waals surface area (Å²) in [6, 6.07) is 3.15. The van der Waals surface area contributed by atoms with E-state index in [0.717, 1.165) is 23.0 Å². The highest BCUT2D eigenvalue weighted by atomic mass is 32.2. The predicted octanol–water partition coefficient (Wildman–Crippen LogP) is 0.551. The standard InChI is InChI=1S/C16H23NO8S2/c1-10-7-13(23-4)8-11(2)14(10)27(21,22)17-5-6-26-15(19)16(17,20)9-24-25-12(3)18/h7-8,15,19-20H,5-6,9H2,1-4H3. The molecule has 0 bridgehead atoms. The summed E-state index contributed by atoms with van der Waals surface area (Å²) in [6.45, 7) is 3.52. The van der Waals surface area contributed by atoms with Gasteiger partial charge in [0.1, 0.15) is 17.8 Å². The quantitative estimate of drug-likeness (QED) is 0.501. The van der Waals surface area contributed by atoms with Crippen molar-refractivity contribution in [2.45, 2.75) is 36.8 Å². The first-order valence-corrected chi connectivity index (χ1v) is 10.5. The van der Waals surface area contributed by atoms with Gasteiger partial charge in [0.15, 0.2) is 5.72 Å². The maximum absolute atomic E-state index is 13.3. The van der Waals surface area contributed by atoms with Crippen molar-refractivity contribution in [2.24, 2.45) is 0 Å². The molecule has 2 N–H and O–H groups in total. The largest absolute Gasteiger partial charge is 0.497 e. The molecule has 1 aromatic rings. The Morgan fingerprint density at radius 2 is 1.96 bits per heavy atom. The number of carbonyl (C=O) groups excluding carboxylic acids is 1. The molecular formula is C16H23NO8S2. The Morgan fingerprint density at radius 3 is 2.48 bits per heavy atom. The smallest absolute Gasteiger partial charge is 0.339 e. The van der Waals surface area contributed by atoms with Gasteiger partial charge in [-0.25, -0.2) is 13.2 Å². The van der Waals surface area contributed by atoms with Crippen LogP contribution < -0.4 is 4.74 Å². The maximum Gasteiger partial charge on any atom is 0.339 e. The van der Waals surface area contributed by atoms with Crippen molar-refractivity contribution in [3.63, 3.8) is 0 Å². The van der Waals surface area contributed by atoms with Crippen LogP contribution in [-0.4, -0.2) is 66.1 Å². The van der Waals surface area contributed by atoms with Crippen molar-refractivity contribution >= 4 is 27.8 Å². The Morgan fingerprint density at radius 1 is 1.37 bits per heavy atom. The lowest BCUT2D eigenvalue weighted by Gasteiger charge is -2.44. The van der Waals surface area contributed by atoms with Gasteiger partial charge in [-0.3, -0.25) is 4.89 Å².